The lowest BCUT2D eigenvalue weighted by molar-refractivity contribution is 0.112. The molecule has 1 rings (SSSR count). The van der Waals surface area contributed by atoms with Gasteiger partial charge in [0.05, 0.1) is 0 Å². The average Bonchev–Trinajstić information content (AvgIpc) is 2.09. The van der Waals surface area contributed by atoms with Gasteiger partial charge in [-0.2, -0.15) is 0 Å². The molecule has 13 heavy (non-hydrogen) atoms. The fourth-order valence-corrected chi connectivity index (χ4v) is 0.904. The Labute approximate surface area is 73.0 Å². The first-order chi connectivity index (χ1) is 6.07. The van der Waals surface area contributed by atoms with Gasteiger partial charge in [-0.05, 0) is 6.92 Å². The molecule has 0 unspecified atom stereocenters. The number of rotatable bonds is 2. The molecule has 1 N–H and O–H groups in total. The van der Waals surface area contributed by atoms with Crippen LogP contribution >= 0.6 is 0 Å². The van der Waals surface area contributed by atoms with Gasteiger partial charge in [-0.1, -0.05) is 0 Å². The number of halogens is 2. The van der Waals surface area contributed by atoms with Gasteiger partial charge in [-0.15, -0.1) is 0 Å². The van der Waals surface area contributed by atoms with E-state index in [2.05, 4.69) is 4.98 Å². The first-order valence-electron chi connectivity index (χ1n) is 3.49. The highest BCUT2D eigenvalue weighted by Gasteiger charge is 2.17. The molecule has 0 saturated carbocycles. The van der Waals surface area contributed by atoms with E-state index in [1.807, 2.05) is 0 Å². The number of alkyl halides is 2. The summed E-state index contributed by atoms with van der Waals surface area (Å²) >= 11 is 0. The number of carbonyl (C=O) groups excluding carboxylic acids is 1. The van der Waals surface area contributed by atoms with Gasteiger partial charge in [0.15, 0.2) is 6.29 Å². The van der Waals surface area contributed by atoms with Gasteiger partial charge in [-0.25, -0.2) is 8.78 Å². The molecule has 70 valence electrons. The Kier molecular flexibility index (Phi) is 2.55. The zero-order valence-electron chi connectivity index (χ0n) is 6.79. The molecule has 0 saturated heterocycles. The highest BCUT2D eigenvalue weighted by molar-refractivity contribution is 5.78. The summed E-state index contributed by atoms with van der Waals surface area (Å²) < 4.78 is 24.3. The smallest absolute Gasteiger partial charge is 0.284 e. The van der Waals surface area contributed by atoms with E-state index in [1.54, 1.807) is 0 Å². The quantitative estimate of drug-likeness (QED) is 0.718. The first kappa shape index (κ1) is 9.57. The molecular weight excluding hydrogens is 180 g/mol. The molecule has 1 aromatic heterocycles. The van der Waals surface area contributed by atoms with Crippen LogP contribution in [0.3, 0.4) is 0 Å². The normalized spacial score (nSPS) is 10.5. The lowest BCUT2D eigenvalue weighted by atomic mass is 10.1. The summed E-state index contributed by atoms with van der Waals surface area (Å²) in [5, 5.41) is 9.18. The lowest BCUT2D eigenvalue weighted by Crippen LogP contribution is -1.96. The maximum Gasteiger partial charge on any atom is 0.284 e. The van der Waals surface area contributed by atoms with Gasteiger partial charge in [0.2, 0.25) is 0 Å². The Bertz CT molecular complexity index is 339. The predicted octanol–water partition coefficient (Wildman–Crippen LogP) is 1.85. The third-order valence-electron chi connectivity index (χ3n) is 1.71. The number of carbonyl (C=O) groups is 1. The fourth-order valence-electron chi connectivity index (χ4n) is 0.904. The van der Waals surface area contributed by atoms with Crippen molar-refractivity contribution in [2.24, 2.45) is 0 Å². The number of aldehydes is 1. The Morgan fingerprint density at radius 1 is 1.62 bits per heavy atom. The molecule has 0 atom stereocenters. The zero-order chi connectivity index (χ0) is 10.0. The molecule has 0 aromatic carbocycles. The van der Waals surface area contributed by atoms with Gasteiger partial charge in [0, 0.05) is 17.3 Å². The minimum absolute atomic E-state index is 0.113. The van der Waals surface area contributed by atoms with Crippen molar-refractivity contribution in [3.05, 3.63) is 23.0 Å². The monoisotopic (exact) mass is 187 g/mol. The van der Waals surface area contributed by atoms with E-state index in [9.17, 15) is 18.7 Å². The van der Waals surface area contributed by atoms with Crippen LogP contribution in [0.4, 0.5) is 8.78 Å². The number of nitrogens with zero attached hydrogens (tertiary/aromatic N) is 1. The van der Waals surface area contributed by atoms with Crippen LogP contribution in [0.15, 0.2) is 6.20 Å². The third kappa shape index (κ3) is 1.63. The van der Waals surface area contributed by atoms with Gasteiger partial charge in [0.1, 0.15) is 11.4 Å². The van der Waals surface area contributed by atoms with Crippen molar-refractivity contribution in [2.45, 2.75) is 13.3 Å². The highest BCUT2D eigenvalue weighted by Crippen LogP contribution is 2.29. The Hall–Kier alpha value is -1.52. The van der Waals surface area contributed by atoms with E-state index in [0.29, 0.717) is 6.29 Å². The predicted molar refractivity (Wildman–Crippen MR) is 41.0 cm³/mol. The number of hydrogen-bond acceptors (Lipinski definition) is 3. The van der Waals surface area contributed by atoms with Crippen LogP contribution < -0.4 is 0 Å². The molecule has 3 nitrogen and oxygen atoms in total. The highest BCUT2D eigenvalue weighted by atomic mass is 19.3. The molecule has 0 bridgehead atoms. The van der Waals surface area contributed by atoms with E-state index in [-0.39, 0.29) is 11.1 Å². The number of aromatic nitrogens is 1. The third-order valence-corrected chi connectivity index (χ3v) is 1.71. The lowest BCUT2D eigenvalue weighted by Gasteiger charge is -2.06. The summed E-state index contributed by atoms with van der Waals surface area (Å²) in [7, 11) is 0. The topological polar surface area (TPSA) is 50.2 Å². The zero-order valence-corrected chi connectivity index (χ0v) is 6.79. The standard InChI is InChI=1S/C8H7F2NO2/c1-4-5(3-12)2-11-6(7(4)13)8(9)10/h2-3,8,13H,1H3. The molecule has 0 radical (unpaired) electrons. The van der Waals surface area contributed by atoms with Crippen LogP contribution in [0.25, 0.3) is 0 Å². The van der Waals surface area contributed by atoms with Crippen molar-refractivity contribution in [1.29, 1.82) is 0 Å². The van der Waals surface area contributed by atoms with Crippen molar-refractivity contribution in [1.82, 2.24) is 4.98 Å². The van der Waals surface area contributed by atoms with Crippen LogP contribution in [0.1, 0.15) is 28.0 Å². The van der Waals surface area contributed by atoms with Crippen LogP contribution in [-0.2, 0) is 0 Å². The second kappa shape index (κ2) is 3.47. The largest absolute Gasteiger partial charge is 0.506 e. The number of pyridine rings is 1. The summed E-state index contributed by atoms with van der Waals surface area (Å²) in [5.74, 6) is -0.611. The number of aromatic hydroxyl groups is 1. The molecule has 1 aromatic rings. The molecule has 0 aliphatic heterocycles. The van der Waals surface area contributed by atoms with Gasteiger partial charge < -0.3 is 5.11 Å². The molecule has 0 spiro atoms. The summed E-state index contributed by atoms with van der Waals surface area (Å²) in [6, 6.07) is 0. The van der Waals surface area contributed by atoms with Crippen LogP contribution in [-0.4, -0.2) is 16.4 Å². The van der Waals surface area contributed by atoms with Crippen molar-refractivity contribution >= 4 is 6.29 Å². The summed E-state index contributed by atoms with van der Waals surface area (Å²) in [4.78, 5) is 13.6. The van der Waals surface area contributed by atoms with Crippen molar-refractivity contribution < 1.29 is 18.7 Å². The van der Waals surface area contributed by atoms with E-state index in [1.165, 1.54) is 6.92 Å². The van der Waals surface area contributed by atoms with Gasteiger partial charge in [0.25, 0.3) is 6.43 Å². The van der Waals surface area contributed by atoms with Crippen LogP contribution in [0, 0.1) is 6.92 Å². The molecule has 0 aliphatic rings. The van der Waals surface area contributed by atoms with E-state index in [4.69, 9.17) is 0 Å². The Morgan fingerprint density at radius 2 is 2.23 bits per heavy atom. The minimum Gasteiger partial charge on any atom is -0.506 e. The van der Waals surface area contributed by atoms with E-state index < -0.39 is 17.9 Å². The first-order valence-corrected chi connectivity index (χ1v) is 3.49. The second-order valence-electron chi connectivity index (χ2n) is 2.49. The van der Waals surface area contributed by atoms with E-state index in [0.717, 1.165) is 6.20 Å². The summed E-state index contributed by atoms with van der Waals surface area (Å²) in [6.07, 6.45) is -1.36. The molecular formula is C8H7F2NO2. The maximum atomic E-state index is 12.1. The fraction of sp³-hybridized carbons (Fsp3) is 0.250. The van der Waals surface area contributed by atoms with Crippen molar-refractivity contribution in [3.8, 4) is 5.75 Å². The van der Waals surface area contributed by atoms with Crippen LogP contribution in [0.5, 0.6) is 5.75 Å². The van der Waals surface area contributed by atoms with Crippen LogP contribution in [0.2, 0.25) is 0 Å². The summed E-state index contributed by atoms with van der Waals surface area (Å²) in [6.45, 7) is 1.38. The SMILES string of the molecule is Cc1c(C=O)cnc(C(F)F)c1O. The summed E-state index contributed by atoms with van der Waals surface area (Å²) in [5.41, 5.74) is -0.453. The van der Waals surface area contributed by atoms with E-state index >= 15 is 0 Å². The van der Waals surface area contributed by atoms with Gasteiger partial charge in [-0.3, -0.25) is 9.78 Å². The molecule has 0 amide bonds. The molecule has 5 heteroatoms. The maximum absolute atomic E-state index is 12.1. The molecule has 1 heterocycles. The average molecular weight is 187 g/mol. The minimum atomic E-state index is -2.83. The second-order valence-corrected chi connectivity index (χ2v) is 2.49. The number of hydrogen-bond donors (Lipinski definition) is 1. The Morgan fingerprint density at radius 3 is 2.69 bits per heavy atom. The molecule has 0 aliphatic carbocycles. The Balaban J connectivity index is 3.31. The van der Waals surface area contributed by atoms with Crippen molar-refractivity contribution in [2.75, 3.05) is 0 Å². The van der Waals surface area contributed by atoms with Crippen molar-refractivity contribution in [3.63, 3.8) is 0 Å². The molecule has 0 fully saturated rings. The van der Waals surface area contributed by atoms with Gasteiger partial charge >= 0.3 is 0 Å².